The Morgan fingerprint density at radius 1 is 1.35 bits per heavy atom. The van der Waals surface area contributed by atoms with Gasteiger partial charge in [0.25, 0.3) is 0 Å². The molecule has 0 aromatic heterocycles. The number of rotatable bonds is 5. The maximum absolute atomic E-state index is 9.96. The van der Waals surface area contributed by atoms with E-state index in [1.54, 1.807) is 0 Å². The first-order valence-electron chi connectivity index (χ1n) is 6.29. The summed E-state index contributed by atoms with van der Waals surface area (Å²) in [6, 6.07) is 6.06. The van der Waals surface area contributed by atoms with Crippen molar-refractivity contribution in [2.45, 2.75) is 37.7 Å². The fraction of sp³-hybridized carbons (Fsp3) is 0.571. The summed E-state index contributed by atoms with van der Waals surface area (Å²) in [5, 5.41) is 9.96. The summed E-state index contributed by atoms with van der Waals surface area (Å²) in [6.07, 6.45) is 5.18. The van der Waals surface area contributed by atoms with Crippen LogP contribution >= 0.6 is 15.9 Å². The molecule has 0 amide bonds. The lowest BCUT2D eigenvalue weighted by molar-refractivity contribution is 0.150. The molecule has 2 nitrogen and oxygen atoms in total. The number of hydrogen-bond donors (Lipinski definition) is 1. The SMILES string of the molecule is OC1(Cc2cccc(OCC3CC3)c2Br)CC1. The minimum atomic E-state index is -0.447. The summed E-state index contributed by atoms with van der Waals surface area (Å²) in [5.74, 6) is 1.68. The number of halogens is 1. The van der Waals surface area contributed by atoms with Crippen LogP contribution in [0.25, 0.3) is 0 Å². The van der Waals surface area contributed by atoms with Gasteiger partial charge in [-0.2, -0.15) is 0 Å². The minimum Gasteiger partial charge on any atom is -0.492 e. The summed E-state index contributed by atoms with van der Waals surface area (Å²) < 4.78 is 6.82. The van der Waals surface area contributed by atoms with E-state index in [4.69, 9.17) is 4.74 Å². The van der Waals surface area contributed by atoms with Gasteiger partial charge >= 0.3 is 0 Å². The van der Waals surface area contributed by atoms with E-state index >= 15 is 0 Å². The molecule has 1 aromatic rings. The van der Waals surface area contributed by atoms with Crippen LogP contribution in [0.15, 0.2) is 22.7 Å². The van der Waals surface area contributed by atoms with Gasteiger partial charge in [0.05, 0.1) is 16.7 Å². The van der Waals surface area contributed by atoms with Gasteiger partial charge in [-0.15, -0.1) is 0 Å². The van der Waals surface area contributed by atoms with Crippen LogP contribution in [0.2, 0.25) is 0 Å². The van der Waals surface area contributed by atoms with Gasteiger partial charge in [-0.25, -0.2) is 0 Å². The quantitative estimate of drug-likeness (QED) is 0.903. The second-order valence-electron chi connectivity index (χ2n) is 5.38. The average Bonchev–Trinajstić information content (AvgIpc) is 3.19. The molecule has 0 unspecified atom stereocenters. The van der Waals surface area contributed by atoms with E-state index in [9.17, 15) is 5.11 Å². The van der Waals surface area contributed by atoms with Crippen LogP contribution in [-0.4, -0.2) is 17.3 Å². The summed E-state index contributed by atoms with van der Waals surface area (Å²) in [4.78, 5) is 0. The van der Waals surface area contributed by atoms with Crippen molar-refractivity contribution in [1.82, 2.24) is 0 Å². The molecule has 17 heavy (non-hydrogen) atoms. The summed E-state index contributed by atoms with van der Waals surface area (Å²) in [7, 11) is 0. The topological polar surface area (TPSA) is 29.5 Å². The Morgan fingerprint density at radius 3 is 2.76 bits per heavy atom. The Kier molecular flexibility index (Phi) is 2.91. The predicted molar refractivity (Wildman–Crippen MR) is 70.2 cm³/mol. The Morgan fingerprint density at radius 2 is 2.12 bits per heavy atom. The van der Waals surface area contributed by atoms with Gasteiger partial charge in [0, 0.05) is 6.42 Å². The Labute approximate surface area is 110 Å². The van der Waals surface area contributed by atoms with Crippen LogP contribution in [-0.2, 0) is 6.42 Å². The van der Waals surface area contributed by atoms with Crippen molar-refractivity contribution in [3.8, 4) is 5.75 Å². The molecule has 2 fully saturated rings. The summed E-state index contributed by atoms with van der Waals surface area (Å²) >= 11 is 3.60. The third-order valence-corrected chi connectivity index (χ3v) is 4.46. The fourth-order valence-electron chi connectivity index (χ4n) is 1.97. The standard InChI is InChI=1S/C14H17BrO2/c15-13-11(8-14(16)6-7-14)2-1-3-12(13)17-9-10-4-5-10/h1-3,10,16H,4-9H2. The fourth-order valence-corrected chi connectivity index (χ4v) is 2.49. The van der Waals surface area contributed by atoms with Crippen molar-refractivity contribution in [2.24, 2.45) is 5.92 Å². The normalized spacial score (nSPS) is 21.3. The number of benzene rings is 1. The van der Waals surface area contributed by atoms with E-state index in [-0.39, 0.29) is 0 Å². The molecule has 1 aromatic carbocycles. The zero-order chi connectivity index (χ0) is 11.9. The molecule has 1 N–H and O–H groups in total. The van der Waals surface area contributed by atoms with Crippen LogP contribution < -0.4 is 4.74 Å². The molecule has 0 saturated heterocycles. The molecule has 3 heteroatoms. The van der Waals surface area contributed by atoms with Crippen molar-refractivity contribution in [2.75, 3.05) is 6.61 Å². The highest BCUT2D eigenvalue weighted by Gasteiger charge is 2.40. The first-order chi connectivity index (χ1) is 8.16. The highest BCUT2D eigenvalue weighted by Crippen LogP contribution is 2.41. The van der Waals surface area contributed by atoms with Gasteiger partial charge in [-0.1, -0.05) is 12.1 Å². The molecule has 2 saturated carbocycles. The molecule has 0 radical (unpaired) electrons. The highest BCUT2D eigenvalue weighted by atomic mass is 79.9. The van der Waals surface area contributed by atoms with Gasteiger partial charge in [0.2, 0.25) is 0 Å². The molecule has 0 heterocycles. The van der Waals surface area contributed by atoms with E-state index in [0.717, 1.165) is 47.6 Å². The van der Waals surface area contributed by atoms with Crippen LogP contribution in [0.4, 0.5) is 0 Å². The lowest BCUT2D eigenvalue weighted by Crippen LogP contribution is -2.11. The van der Waals surface area contributed by atoms with Crippen molar-refractivity contribution < 1.29 is 9.84 Å². The molecule has 2 aliphatic carbocycles. The van der Waals surface area contributed by atoms with E-state index < -0.39 is 5.60 Å². The average molecular weight is 297 g/mol. The Balaban J connectivity index is 1.71. The van der Waals surface area contributed by atoms with Crippen LogP contribution in [0, 0.1) is 5.92 Å². The molecule has 0 atom stereocenters. The first kappa shape index (κ1) is 11.5. The third-order valence-electron chi connectivity index (χ3n) is 3.56. The van der Waals surface area contributed by atoms with E-state index in [0.29, 0.717) is 0 Å². The zero-order valence-corrected chi connectivity index (χ0v) is 11.4. The molecule has 2 aliphatic rings. The molecule has 3 rings (SSSR count). The van der Waals surface area contributed by atoms with Crippen LogP contribution in [0.3, 0.4) is 0 Å². The second-order valence-corrected chi connectivity index (χ2v) is 6.18. The number of hydrogen-bond acceptors (Lipinski definition) is 2. The Hall–Kier alpha value is -0.540. The van der Waals surface area contributed by atoms with Crippen molar-refractivity contribution >= 4 is 15.9 Å². The smallest absolute Gasteiger partial charge is 0.133 e. The van der Waals surface area contributed by atoms with Crippen molar-refractivity contribution in [3.63, 3.8) is 0 Å². The lowest BCUT2D eigenvalue weighted by Gasteiger charge is -2.13. The molecule has 0 aliphatic heterocycles. The Bertz CT molecular complexity index is 422. The van der Waals surface area contributed by atoms with Gasteiger partial charge in [-0.3, -0.25) is 0 Å². The lowest BCUT2D eigenvalue weighted by atomic mass is 10.1. The van der Waals surface area contributed by atoms with Gasteiger partial charge in [0.15, 0.2) is 0 Å². The number of ether oxygens (including phenoxy) is 1. The maximum Gasteiger partial charge on any atom is 0.133 e. The molecule has 92 valence electrons. The van der Waals surface area contributed by atoms with E-state index in [2.05, 4.69) is 22.0 Å². The minimum absolute atomic E-state index is 0.447. The number of aliphatic hydroxyl groups is 1. The second kappa shape index (κ2) is 4.29. The molecular weight excluding hydrogens is 280 g/mol. The van der Waals surface area contributed by atoms with Gasteiger partial charge in [-0.05, 0) is 59.2 Å². The van der Waals surface area contributed by atoms with Gasteiger partial charge < -0.3 is 9.84 Å². The largest absolute Gasteiger partial charge is 0.492 e. The first-order valence-corrected chi connectivity index (χ1v) is 7.08. The van der Waals surface area contributed by atoms with Crippen molar-refractivity contribution in [3.05, 3.63) is 28.2 Å². The van der Waals surface area contributed by atoms with E-state index in [1.807, 2.05) is 12.1 Å². The highest BCUT2D eigenvalue weighted by molar-refractivity contribution is 9.10. The molecular formula is C14H17BrO2. The van der Waals surface area contributed by atoms with Crippen LogP contribution in [0.1, 0.15) is 31.2 Å². The van der Waals surface area contributed by atoms with Gasteiger partial charge in [0.1, 0.15) is 5.75 Å². The summed E-state index contributed by atoms with van der Waals surface area (Å²) in [5.41, 5.74) is 0.704. The molecule has 0 bridgehead atoms. The predicted octanol–water partition coefficient (Wildman–Crippen LogP) is 3.31. The monoisotopic (exact) mass is 296 g/mol. The zero-order valence-electron chi connectivity index (χ0n) is 9.79. The molecule has 0 spiro atoms. The van der Waals surface area contributed by atoms with Crippen LogP contribution in [0.5, 0.6) is 5.75 Å². The summed E-state index contributed by atoms with van der Waals surface area (Å²) in [6.45, 7) is 0.826. The van der Waals surface area contributed by atoms with E-state index in [1.165, 1.54) is 12.8 Å². The van der Waals surface area contributed by atoms with Crippen molar-refractivity contribution in [1.29, 1.82) is 0 Å². The third kappa shape index (κ3) is 2.83. The maximum atomic E-state index is 9.96.